The van der Waals surface area contributed by atoms with E-state index in [-0.39, 0.29) is 5.92 Å². The van der Waals surface area contributed by atoms with Gasteiger partial charge in [-0.15, -0.1) is 0 Å². The fraction of sp³-hybridized carbons (Fsp3) is 0.417. The van der Waals surface area contributed by atoms with Gasteiger partial charge >= 0.3 is 0 Å². The third-order valence-electron chi connectivity index (χ3n) is 2.39. The second-order valence-corrected chi connectivity index (χ2v) is 4.02. The number of carbonyl (C=O) groups is 1. The molecular formula is C12H15ClO2. The molecular weight excluding hydrogens is 212 g/mol. The molecule has 0 aliphatic rings. The van der Waals surface area contributed by atoms with E-state index in [9.17, 15) is 4.79 Å². The summed E-state index contributed by atoms with van der Waals surface area (Å²) in [5.41, 5.74) is 2.19. The zero-order valence-corrected chi connectivity index (χ0v) is 9.75. The Morgan fingerprint density at radius 2 is 2.27 bits per heavy atom. The van der Waals surface area contributed by atoms with Crippen LogP contribution in [0, 0.1) is 0 Å². The van der Waals surface area contributed by atoms with E-state index >= 15 is 0 Å². The van der Waals surface area contributed by atoms with Gasteiger partial charge in [0.05, 0.1) is 6.61 Å². The smallest absolute Gasteiger partial charge is 0.120 e. The van der Waals surface area contributed by atoms with Crippen LogP contribution in [0.25, 0.3) is 0 Å². The first kappa shape index (κ1) is 12.2. The fourth-order valence-electron chi connectivity index (χ4n) is 1.61. The molecule has 1 unspecified atom stereocenters. The van der Waals surface area contributed by atoms with Gasteiger partial charge in [0.15, 0.2) is 0 Å². The number of hydrogen-bond acceptors (Lipinski definition) is 2. The lowest BCUT2D eigenvalue weighted by Gasteiger charge is -2.14. The molecule has 3 heteroatoms. The quantitative estimate of drug-likeness (QED) is 0.721. The summed E-state index contributed by atoms with van der Waals surface area (Å²) in [6, 6.07) is 5.70. The highest BCUT2D eigenvalue weighted by molar-refractivity contribution is 6.30. The lowest BCUT2D eigenvalue weighted by atomic mass is 9.94. The highest BCUT2D eigenvalue weighted by Crippen LogP contribution is 2.25. The summed E-state index contributed by atoms with van der Waals surface area (Å²) < 4.78 is 5.10. The molecule has 0 saturated carbocycles. The van der Waals surface area contributed by atoms with Gasteiger partial charge in [0.25, 0.3) is 0 Å². The van der Waals surface area contributed by atoms with Crippen LogP contribution in [-0.2, 0) is 16.1 Å². The van der Waals surface area contributed by atoms with Crippen molar-refractivity contribution < 1.29 is 9.53 Å². The first-order valence-corrected chi connectivity index (χ1v) is 5.27. The van der Waals surface area contributed by atoms with E-state index in [2.05, 4.69) is 0 Å². The molecule has 0 saturated heterocycles. The SMILES string of the molecule is COCc1cc(Cl)ccc1C(C)CC=O. The normalized spacial score (nSPS) is 12.5. The number of rotatable bonds is 5. The van der Waals surface area contributed by atoms with Crippen molar-refractivity contribution in [2.45, 2.75) is 25.9 Å². The summed E-state index contributed by atoms with van der Waals surface area (Å²) in [5.74, 6) is 0.213. The first-order chi connectivity index (χ1) is 7.19. The lowest BCUT2D eigenvalue weighted by Crippen LogP contribution is -2.01. The van der Waals surface area contributed by atoms with Crippen LogP contribution >= 0.6 is 11.6 Å². The Morgan fingerprint density at radius 3 is 2.87 bits per heavy atom. The minimum atomic E-state index is 0.213. The van der Waals surface area contributed by atoms with Gasteiger partial charge in [-0.1, -0.05) is 24.6 Å². The number of benzene rings is 1. The van der Waals surface area contributed by atoms with Gasteiger partial charge in [-0.05, 0) is 29.2 Å². The van der Waals surface area contributed by atoms with E-state index in [4.69, 9.17) is 16.3 Å². The third kappa shape index (κ3) is 3.33. The Kier molecular flexibility index (Phi) is 4.79. The van der Waals surface area contributed by atoms with Crippen molar-refractivity contribution in [2.75, 3.05) is 7.11 Å². The van der Waals surface area contributed by atoms with Crippen LogP contribution in [0.5, 0.6) is 0 Å². The average Bonchev–Trinajstić information content (AvgIpc) is 2.18. The van der Waals surface area contributed by atoms with Gasteiger partial charge < -0.3 is 9.53 Å². The molecule has 1 aromatic rings. The highest BCUT2D eigenvalue weighted by atomic mass is 35.5. The Hall–Kier alpha value is -0.860. The van der Waals surface area contributed by atoms with E-state index in [1.165, 1.54) is 0 Å². The molecule has 1 aromatic carbocycles. The Balaban J connectivity index is 2.98. The fourth-order valence-corrected chi connectivity index (χ4v) is 1.80. The van der Waals surface area contributed by atoms with E-state index < -0.39 is 0 Å². The molecule has 0 bridgehead atoms. The molecule has 15 heavy (non-hydrogen) atoms. The third-order valence-corrected chi connectivity index (χ3v) is 2.62. The van der Waals surface area contributed by atoms with Crippen LogP contribution in [0.15, 0.2) is 18.2 Å². The van der Waals surface area contributed by atoms with E-state index in [1.54, 1.807) is 7.11 Å². The number of carbonyl (C=O) groups excluding carboxylic acids is 1. The summed E-state index contributed by atoms with van der Waals surface area (Å²) in [5, 5.41) is 0.698. The maximum absolute atomic E-state index is 10.5. The second kappa shape index (κ2) is 5.89. The number of aldehydes is 1. The topological polar surface area (TPSA) is 26.3 Å². The van der Waals surface area contributed by atoms with Crippen molar-refractivity contribution in [3.8, 4) is 0 Å². The van der Waals surface area contributed by atoms with Gasteiger partial charge in [0.2, 0.25) is 0 Å². The molecule has 0 heterocycles. The Bertz CT molecular complexity index is 336. The standard InChI is InChI=1S/C12H15ClO2/c1-9(5-6-14)12-4-3-11(13)7-10(12)8-15-2/h3-4,6-7,9H,5,8H2,1-2H3. The number of ether oxygens (including phenoxy) is 1. The van der Waals surface area contributed by atoms with Crippen LogP contribution in [0.1, 0.15) is 30.4 Å². The Morgan fingerprint density at radius 1 is 1.53 bits per heavy atom. The maximum Gasteiger partial charge on any atom is 0.120 e. The summed E-state index contributed by atoms with van der Waals surface area (Å²) >= 11 is 5.91. The summed E-state index contributed by atoms with van der Waals surface area (Å²) in [6.45, 7) is 2.55. The van der Waals surface area contributed by atoms with Gasteiger partial charge in [0.1, 0.15) is 6.29 Å². The van der Waals surface area contributed by atoms with Gasteiger partial charge in [-0.25, -0.2) is 0 Å². The monoisotopic (exact) mass is 226 g/mol. The summed E-state index contributed by atoms with van der Waals surface area (Å²) in [4.78, 5) is 10.5. The summed E-state index contributed by atoms with van der Waals surface area (Å²) in [7, 11) is 1.65. The summed E-state index contributed by atoms with van der Waals surface area (Å²) in [6.07, 6.45) is 1.47. The molecule has 82 valence electrons. The minimum Gasteiger partial charge on any atom is -0.380 e. The molecule has 0 aromatic heterocycles. The molecule has 1 rings (SSSR count). The van der Waals surface area contributed by atoms with Crippen molar-refractivity contribution in [3.05, 3.63) is 34.3 Å². The maximum atomic E-state index is 10.5. The van der Waals surface area contributed by atoms with Crippen LogP contribution in [0.2, 0.25) is 5.02 Å². The molecule has 0 aliphatic carbocycles. The van der Waals surface area contributed by atoms with Crippen molar-refractivity contribution in [2.24, 2.45) is 0 Å². The molecule has 0 N–H and O–H groups in total. The average molecular weight is 227 g/mol. The molecule has 0 aliphatic heterocycles. The van der Waals surface area contributed by atoms with E-state index in [1.807, 2.05) is 25.1 Å². The van der Waals surface area contributed by atoms with Crippen LogP contribution in [0.3, 0.4) is 0 Å². The molecule has 0 radical (unpaired) electrons. The molecule has 0 fully saturated rings. The molecule has 0 amide bonds. The van der Waals surface area contributed by atoms with E-state index in [0.29, 0.717) is 18.1 Å². The predicted molar refractivity (Wildman–Crippen MR) is 61.3 cm³/mol. The van der Waals surface area contributed by atoms with E-state index in [0.717, 1.165) is 17.4 Å². The van der Waals surface area contributed by atoms with Gasteiger partial charge in [-0.2, -0.15) is 0 Å². The predicted octanol–water partition coefficient (Wildman–Crippen LogP) is 3.18. The van der Waals surface area contributed by atoms with Crippen molar-refractivity contribution in [1.82, 2.24) is 0 Å². The zero-order chi connectivity index (χ0) is 11.3. The first-order valence-electron chi connectivity index (χ1n) is 4.90. The number of halogens is 1. The molecule has 1 atom stereocenters. The minimum absolute atomic E-state index is 0.213. The van der Waals surface area contributed by atoms with Crippen molar-refractivity contribution in [3.63, 3.8) is 0 Å². The molecule has 2 nitrogen and oxygen atoms in total. The second-order valence-electron chi connectivity index (χ2n) is 3.58. The number of methoxy groups -OCH3 is 1. The molecule has 0 spiro atoms. The zero-order valence-electron chi connectivity index (χ0n) is 9.00. The van der Waals surface area contributed by atoms with Crippen molar-refractivity contribution >= 4 is 17.9 Å². The van der Waals surface area contributed by atoms with Crippen LogP contribution < -0.4 is 0 Å². The largest absolute Gasteiger partial charge is 0.380 e. The van der Waals surface area contributed by atoms with Crippen LogP contribution in [0.4, 0.5) is 0 Å². The lowest BCUT2D eigenvalue weighted by molar-refractivity contribution is -0.108. The highest BCUT2D eigenvalue weighted by Gasteiger charge is 2.10. The van der Waals surface area contributed by atoms with Crippen molar-refractivity contribution in [1.29, 1.82) is 0 Å². The van der Waals surface area contributed by atoms with Gasteiger partial charge in [-0.3, -0.25) is 0 Å². The van der Waals surface area contributed by atoms with Crippen LogP contribution in [-0.4, -0.2) is 13.4 Å². The number of hydrogen-bond donors (Lipinski definition) is 0. The van der Waals surface area contributed by atoms with Gasteiger partial charge in [0, 0.05) is 18.6 Å². The Labute approximate surface area is 95.2 Å².